The van der Waals surface area contributed by atoms with Gasteiger partial charge in [-0.15, -0.1) is 0 Å². The highest BCUT2D eigenvalue weighted by Gasteiger charge is 2.31. The third-order valence-corrected chi connectivity index (χ3v) is 6.14. The van der Waals surface area contributed by atoms with E-state index in [1.165, 1.54) is 0 Å². The van der Waals surface area contributed by atoms with Crippen molar-refractivity contribution in [1.82, 2.24) is 4.98 Å². The Morgan fingerprint density at radius 3 is 2.09 bits per heavy atom. The largest absolute Gasteiger partial charge is 0.473 e. The molecule has 6 heteroatoms. The number of hydrogen-bond acceptors (Lipinski definition) is 6. The topological polar surface area (TPSA) is 75.1 Å². The SMILES string of the molecule is OC(O)C1CN(c2cccc(-c3ccc(OCc4ccccc4)nc3OCc3ccccc3)c2)C1. The van der Waals surface area contributed by atoms with E-state index in [2.05, 4.69) is 11.0 Å². The molecule has 1 saturated heterocycles. The van der Waals surface area contributed by atoms with Gasteiger partial charge in [-0.05, 0) is 34.9 Å². The standard InChI is InChI=1S/C29H28N2O4/c32-29(33)24-17-31(18-24)25-13-7-12-23(16-25)26-14-15-27(34-19-21-8-3-1-4-9-21)30-28(26)35-20-22-10-5-2-6-11-22/h1-16,24,29,32-33H,17-20H2. The molecule has 6 nitrogen and oxygen atoms in total. The maximum Gasteiger partial charge on any atom is 0.225 e. The number of aromatic nitrogens is 1. The summed E-state index contributed by atoms with van der Waals surface area (Å²) in [5.41, 5.74) is 4.99. The highest BCUT2D eigenvalue weighted by atomic mass is 16.5. The van der Waals surface area contributed by atoms with Gasteiger partial charge in [0.25, 0.3) is 0 Å². The fourth-order valence-electron chi connectivity index (χ4n) is 4.07. The minimum atomic E-state index is -1.28. The van der Waals surface area contributed by atoms with Crippen LogP contribution in [0.3, 0.4) is 0 Å². The van der Waals surface area contributed by atoms with E-state index in [1.807, 2.05) is 91.0 Å². The summed E-state index contributed by atoms with van der Waals surface area (Å²) in [6.45, 7) is 2.05. The van der Waals surface area contributed by atoms with E-state index in [0.717, 1.165) is 27.9 Å². The first-order valence-corrected chi connectivity index (χ1v) is 11.7. The molecule has 1 aromatic heterocycles. The van der Waals surface area contributed by atoms with Crippen LogP contribution in [-0.4, -0.2) is 34.6 Å². The van der Waals surface area contributed by atoms with E-state index in [1.54, 1.807) is 0 Å². The normalized spacial score (nSPS) is 13.5. The van der Waals surface area contributed by atoms with Gasteiger partial charge >= 0.3 is 0 Å². The van der Waals surface area contributed by atoms with Gasteiger partial charge in [-0.3, -0.25) is 0 Å². The number of anilines is 1. The number of aliphatic hydroxyl groups is 2. The highest BCUT2D eigenvalue weighted by Crippen LogP contribution is 2.35. The molecule has 0 unspecified atom stereocenters. The van der Waals surface area contributed by atoms with Crippen LogP contribution in [0.5, 0.6) is 11.8 Å². The van der Waals surface area contributed by atoms with Gasteiger partial charge < -0.3 is 24.6 Å². The lowest BCUT2D eigenvalue weighted by molar-refractivity contribution is -0.0906. The van der Waals surface area contributed by atoms with Gasteiger partial charge in [-0.25, -0.2) is 0 Å². The molecule has 0 amide bonds. The first-order valence-electron chi connectivity index (χ1n) is 11.7. The lowest BCUT2D eigenvalue weighted by Crippen LogP contribution is -2.52. The first-order chi connectivity index (χ1) is 17.2. The Labute approximate surface area is 205 Å². The molecule has 0 radical (unpaired) electrons. The third-order valence-electron chi connectivity index (χ3n) is 6.14. The van der Waals surface area contributed by atoms with Crippen molar-refractivity contribution in [2.45, 2.75) is 19.5 Å². The quantitative estimate of drug-likeness (QED) is 0.348. The molecule has 4 aromatic rings. The second kappa shape index (κ2) is 10.6. The lowest BCUT2D eigenvalue weighted by Gasteiger charge is -2.41. The number of hydrogen-bond donors (Lipinski definition) is 2. The Hall–Kier alpha value is -3.87. The zero-order chi connectivity index (χ0) is 24.0. The summed E-state index contributed by atoms with van der Waals surface area (Å²) in [5, 5.41) is 18.8. The monoisotopic (exact) mass is 468 g/mol. The van der Waals surface area contributed by atoms with Crippen LogP contribution in [0, 0.1) is 5.92 Å². The third kappa shape index (κ3) is 5.62. The van der Waals surface area contributed by atoms with Crippen molar-refractivity contribution in [2.75, 3.05) is 18.0 Å². The molecule has 2 N–H and O–H groups in total. The minimum Gasteiger partial charge on any atom is -0.473 e. The van der Waals surface area contributed by atoms with Gasteiger partial charge in [-0.1, -0.05) is 72.8 Å². The fourth-order valence-corrected chi connectivity index (χ4v) is 4.07. The van der Waals surface area contributed by atoms with Gasteiger partial charge in [0.2, 0.25) is 11.8 Å². The number of nitrogens with zero attached hydrogens (tertiary/aromatic N) is 2. The van der Waals surface area contributed by atoms with Crippen LogP contribution < -0.4 is 14.4 Å². The Morgan fingerprint density at radius 2 is 1.43 bits per heavy atom. The molecule has 1 fully saturated rings. The molecular weight excluding hydrogens is 440 g/mol. The molecule has 35 heavy (non-hydrogen) atoms. The molecule has 0 bridgehead atoms. The van der Waals surface area contributed by atoms with Crippen molar-refractivity contribution >= 4 is 5.69 Å². The van der Waals surface area contributed by atoms with Gasteiger partial charge in [-0.2, -0.15) is 4.98 Å². The average molecular weight is 469 g/mol. The van der Waals surface area contributed by atoms with E-state index >= 15 is 0 Å². The number of aliphatic hydroxyl groups excluding tert-OH is 1. The number of pyridine rings is 1. The molecule has 1 aliphatic heterocycles. The minimum absolute atomic E-state index is 0.119. The molecule has 0 aliphatic carbocycles. The van der Waals surface area contributed by atoms with Crippen molar-refractivity contribution < 1.29 is 19.7 Å². The summed E-state index contributed by atoms with van der Waals surface area (Å²) in [5.74, 6) is 0.884. The molecule has 5 rings (SSSR count). The van der Waals surface area contributed by atoms with E-state index < -0.39 is 6.29 Å². The molecule has 0 saturated carbocycles. The zero-order valence-corrected chi connectivity index (χ0v) is 19.3. The Morgan fingerprint density at radius 1 is 0.771 bits per heavy atom. The predicted molar refractivity (Wildman–Crippen MR) is 135 cm³/mol. The second-order valence-corrected chi connectivity index (χ2v) is 8.68. The van der Waals surface area contributed by atoms with Gasteiger partial charge in [0.1, 0.15) is 13.2 Å². The van der Waals surface area contributed by atoms with E-state index in [-0.39, 0.29) is 5.92 Å². The predicted octanol–water partition coefficient (Wildman–Crippen LogP) is 4.65. The summed E-state index contributed by atoms with van der Waals surface area (Å²) in [7, 11) is 0. The summed E-state index contributed by atoms with van der Waals surface area (Å²) in [6.07, 6.45) is -1.28. The zero-order valence-electron chi connectivity index (χ0n) is 19.3. The smallest absolute Gasteiger partial charge is 0.225 e. The van der Waals surface area contributed by atoms with Crippen molar-refractivity contribution in [1.29, 1.82) is 0 Å². The Kier molecular flexibility index (Phi) is 6.93. The first kappa shape index (κ1) is 22.9. The molecule has 0 spiro atoms. The number of benzene rings is 3. The second-order valence-electron chi connectivity index (χ2n) is 8.68. The summed E-state index contributed by atoms with van der Waals surface area (Å²) in [6, 6.07) is 31.9. The van der Waals surface area contributed by atoms with Gasteiger partial charge in [0.05, 0.1) is 0 Å². The maximum absolute atomic E-state index is 9.39. The summed E-state index contributed by atoms with van der Waals surface area (Å²) >= 11 is 0. The van der Waals surface area contributed by atoms with Crippen LogP contribution in [0.25, 0.3) is 11.1 Å². The van der Waals surface area contributed by atoms with Crippen molar-refractivity contribution in [3.63, 3.8) is 0 Å². The van der Waals surface area contributed by atoms with Crippen LogP contribution in [0.1, 0.15) is 11.1 Å². The lowest BCUT2D eigenvalue weighted by atomic mass is 9.97. The van der Waals surface area contributed by atoms with Crippen LogP contribution >= 0.6 is 0 Å². The average Bonchev–Trinajstić information content (AvgIpc) is 2.86. The Bertz CT molecular complexity index is 1240. The van der Waals surface area contributed by atoms with Gasteiger partial charge in [0, 0.05) is 36.3 Å². The van der Waals surface area contributed by atoms with Crippen LogP contribution in [0.15, 0.2) is 97.1 Å². The highest BCUT2D eigenvalue weighted by molar-refractivity contribution is 5.73. The van der Waals surface area contributed by atoms with Crippen LogP contribution in [0.4, 0.5) is 5.69 Å². The van der Waals surface area contributed by atoms with Crippen LogP contribution in [0.2, 0.25) is 0 Å². The van der Waals surface area contributed by atoms with Crippen molar-refractivity contribution in [2.24, 2.45) is 5.92 Å². The number of rotatable bonds is 9. The molecule has 2 heterocycles. The number of ether oxygens (including phenoxy) is 2. The molecular formula is C29H28N2O4. The fraction of sp³-hybridized carbons (Fsp3) is 0.207. The molecule has 0 atom stereocenters. The van der Waals surface area contributed by atoms with E-state index in [4.69, 9.17) is 14.5 Å². The molecule has 3 aromatic carbocycles. The summed E-state index contributed by atoms with van der Waals surface area (Å²) in [4.78, 5) is 6.83. The Balaban J connectivity index is 1.39. The van der Waals surface area contributed by atoms with Gasteiger partial charge in [0.15, 0.2) is 6.29 Å². The van der Waals surface area contributed by atoms with Crippen molar-refractivity contribution in [3.8, 4) is 22.9 Å². The van der Waals surface area contributed by atoms with E-state index in [0.29, 0.717) is 38.1 Å². The maximum atomic E-state index is 9.39. The molecule has 178 valence electrons. The van der Waals surface area contributed by atoms with Crippen LogP contribution in [-0.2, 0) is 13.2 Å². The summed E-state index contributed by atoms with van der Waals surface area (Å²) < 4.78 is 12.1. The van der Waals surface area contributed by atoms with E-state index in [9.17, 15) is 10.2 Å². The molecule has 1 aliphatic rings. The van der Waals surface area contributed by atoms with Crippen molar-refractivity contribution in [3.05, 3.63) is 108 Å².